The number of pyridine rings is 1. The minimum atomic E-state index is -0.562. The molecule has 0 unspecified atom stereocenters. The van der Waals surface area contributed by atoms with Crippen LogP contribution in [0, 0.1) is 16.7 Å². The van der Waals surface area contributed by atoms with Crippen molar-refractivity contribution in [2.45, 2.75) is 40.2 Å². The normalized spacial score (nSPS) is 29.4. The second-order valence-corrected chi connectivity index (χ2v) is 9.35. The third kappa shape index (κ3) is 3.25. The average Bonchev–Trinajstić information content (AvgIpc) is 2.90. The first kappa shape index (κ1) is 20.0. The van der Waals surface area contributed by atoms with Crippen molar-refractivity contribution < 1.29 is 14.4 Å². The van der Waals surface area contributed by atoms with Crippen molar-refractivity contribution >= 4 is 17.7 Å². The number of amides is 3. The molecule has 1 saturated carbocycles. The number of carbonyl (C=O) groups excluding carboxylic acids is 3. The van der Waals surface area contributed by atoms with Crippen LogP contribution in [0.2, 0.25) is 0 Å². The first-order valence-electron chi connectivity index (χ1n) is 10.5. The molecule has 2 aliphatic heterocycles. The number of hydrogen-bond acceptors (Lipinski definition) is 5. The van der Waals surface area contributed by atoms with E-state index in [9.17, 15) is 14.4 Å². The van der Waals surface area contributed by atoms with E-state index in [1.54, 1.807) is 11.1 Å². The van der Waals surface area contributed by atoms with Crippen LogP contribution < -0.4 is 0 Å². The highest BCUT2D eigenvalue weighted by Crippen LogP contribution is 2.59. The quantitative estimate of drug-likeness (QED) is 0.720. The van der Waals surface area contributed by atoms with Crippen LogP contribution in [0.25, 0.3) is 0 Å². The molecule has 1 aliphatic carbocycles. The fourth-order valence-corrected chi connectivity index (χ4v) is 5.16. The SMILES string of the molecule is CC1(C)[C@H]2CC[C@]1(C)C(=O)N(CC(=O)N1CCN(Cc3ccccn3)CC1)C2=O. The molecule has 3 heterocycles. The Balaban J connectivity index is 1.36. The van der Waals surface area contributed by atoms with Crippen molar-refractivity contribution in [3.8, 4) is 0 Å². The molecule has 29 heavy (non-hydrogen) atoms. The predicted octanol–water partition coefficient (Wildman–Crippen LogP) is 1.54. The second kappa shape index (κ2) is 7.20. The zero-order valence-electron chi connectivity index (χ0n) is 17.6. The van der Waals surface area contributed by atoms with Crippen LogP contribution in [0.3, 0.4) is 0 Å². The first-order chi connectivity index (χ1) is 13.7. The van der Waals surface area contributed by atoms with Crippen LogP contribution >= 0.6 is 0 Å². The largest absolute Gasteiger partial charge is 0.339 e. The van der Waals surface area contributed by atoms with Crippen LogP contribution in [-0.4, -0.2) is 70.1 Å². The van der Waals surface area contributed by atoms with Gasteiger partial charge in [0.2, 0.25) is 17.7 Å². The molecule has 0 N–H and O–H groups in total. The van der Waals surface area contributed by atoms with E-state index in [0.29, 0.717) is 19.5 Å². The topological polar surface area (TPSA) is 73.8 Å². The summed E-state index contributed by atoms with van der Waals surface area (Å²) in [5.74, 6) is -0.652. The molecule has 7 heteroatoms. The van der Waals surface area contributed by atoms with Crippen molar-refractivity contribution in [2.24, 2.45) is 16.7 Å². The molecule has 4 rings (SSSR count). The molecule has 1 aromatic heterocycles. The molecule has 1 aromatic rings. The molecule has 3 fully saturated rings. The van der Waals surface area contributed by atoms with Crippen LogP contribution in [0.1, 0.15) is 39.3 Å². The third-order valence-electron chi connectivity index (χ3n) is 7.64. The van der Waals surface area contributed by atoms with Crippen LogP contribution in [0.5, 0.6) is 0 Å². The van der Waals surface area contributed by atoms with E-state index in [1.165, 1.54) is 4.90 Å². The van der Waals surface area contributed by atoms with E-state index in [4.69, 9.17) is 0 Å². The van der Waals surface area contributed by atoms with Crippen LogP contribution in [0.15, 0.2) is 24.4 Å². The lowest BCUT2D eigenvalue weighted by Gasteiger charge is -2.47. The monoisotopic (exact) mass is 398 g/mol. The highest BCUT2D eigenvalue weighted by atomic mass is 16.2. The minimum Gasteiger partial charge on any atom is -0.339 e. The summed E-state index contributed by atoms with van der Waals surface area (Å²) in [6.45, 7) is 9.36. The Morgan fingerprint density at radius 1 is 1.14 bits per heavy atom. The molecular weight excluding hydrogens is 368 g/mol. The number of nitrogens with zero attached hydrogens (tertiary/aromatic N) is 4. The summed E-state index contributed by atoms with van der Waals surface area (Å²) in [5.41, 5.74) is 0.105. The molecule has 3 aliphatic rings. The van der Waals surface area contributed by atoms with Gasteiger partial charge in [-0.25, -0.2) is 0 Å². The lowest BCUT2D eigenvalue weighted by Crippen LogP contribution is -2.61. The van der Waals surface area contributed by atoms with Gasteiger partial charge in [0.05, 0.1) is 11.1 Å². The second-order valence-electron chi connectivity index (χ2n) is 9.35. The molecule has 7 nitrogen and oxygen atoms in total. The summed E-state index contributed by atoms with van der Waals surface area (Å²) >= 11 is 0. The average molecular weight is 399 g/mol. The predicted molar refractivity (Wildman–Crippen MR) is 107 cm³/mol. The van der Waals surface area contributed by atoms with Gasteiger partial charge in [0, 0.05) is 44.8 Å². The molecule has 3 amide bonds. The van der Waals surface area contributed by atoms with E-state index >= 15 is 0 Å². The fraction of sp³-hybridized carbons (Fsp3) is 0.636. The van der Waals surface area contributed by atoms with Gasteiger partial charge in [-0.05, 0) is 30.4 Å². The van der Waals surface area contributed by atoms with Gasteiger partial charge >= 0.3 is 0 Å². The van der Waals surface area contributed by atoms with Gasteiger partial charge in [-0.15, -0.1) is 0 Å². The molecule has 0 radical (unpaired) electrons. The van der Waals surface area contributed by atoms with Crippen molar-refractivity contribution in [3.63, 3.8) is 0 Å². The van der Waals surface area contributed by atoms with Gasteiger partial charge < -0.3 is 4.90 Å². The van der Waals surface area contributed by atoms with E-state index in [-0.39, 0.29) is 35.6 Å². The Hall–Kier alpha value is -2.28. The Morgan fingerprint density at radius 2 is 1.86 bits per heavy atom. The van der Waals surface area contributed by atoms with E-state index in [2.05, 4.69) is 9.88 Å². The van der Waals surface area contributed by atoms with Crippen molar-refractivity contribution in [3.05, 3.63) is 30.1 Å². The molecule has 2 atom stereocenters. The standard InChI is InChI=1S/C22H30N4O3/c1-21(2)17-7-8-22(21,3)20(29)26(19(17)28)15-18(27)25-12-10-24(11-13-25)14-16-6-4-5-9-23-16/h4-6,9,17H,7-8,10-15H2,1-3H3/t17-,22+/m0/s1. The Kier molecular flexibility index (Phi) is 4.97. The summed E-state index contributed by atoms with van der Waals surface area (Å²) in [5, 5.41) is 0. The number of aromatic nitrogens is 1. The molecule has 2 saturated heterocycles. The third-order valence-corrected chi connectivity index (χ3v) is 7.64. The molecule has 0 spiro atoms. The number of rotatable bonds is 4. The molecule has 0 aromatic carbocycles. The minimum absolute atomic E-state index is 0.125. The van der Waals surface area contributed by atoms with Gasteiger partial charge in [0.25, 0.3) is 0 Å². The first-order valence-corrected chi connectivity index (χ1v) is 10.5. The van der Waals surface area contributed by atoms with Gasteiger partial charge in [0.15, 0.2) is 0 Å². The Bertz CT molecular complexity index is 817. The number of carbonyl (C=O) groups is 3. The number of fused-ring (bicyclic) bond motifs is 2. The number of likely N-dealkylation sites (tertiary alicyclic amines) is 1. The van der Waals surface area contributed by atoms with Crippen molar-refractivity contribution in [1.29, 1.82) is 0 Å². The number of piperidine rings is 1. The summed E-state index contributed by atoms with van der Waals surface area (Å²) in [6.07, 6.45) is 3.23. The van der Waals surface area contributed by atoms with Gasteiger partial charge in [-0.3, -0.25) is 29.2 Å². The van der Waals surface area contributed by atoms with E-state index in [1.807, 2.05) is 39.0 Å². The number of hydrogen-bond donors (Lipinski definition) is 0. The summed E-state index contributed by atoms with van der Waals surface area (Å²) in [6, 6.07) is 5.88. The van der Waals surface area contributed by atoms with Gasteiger partial charge in [-0.2, -0.15) is 0 Å². The highest BCUT2D eigenvalue weighted by molar-refractivity contribution is 6.06. The maximum absolute atomic E-state index is 13.1. The molecular formula is C22H30N4O3. The maximum atomic E-state index is 13.1. The van der Waals surface area contributed by atoms with Gasteiger partial charge in [0.1, 0.15) is 6.54 Å². The zero-order valence-corrected chi connectivity index (χ0v) is 17.6. The fourth-order valence-electron chi connectivity index (χ4n) is 5.16. The molecule has 156 valence electrons. The number of piperazine rings is 1. The smallest absolute Gasteiger partial charge is 0.242 e. The Labute approximate surface area is 172 Å². The van der Waals surface area contributed by atoms with Crippen LogP contribution in [0.4, 0.5) is 0 Å². The number of imide groups is 1. The summed E-state index contributed by atoms with van der Waals surface area (Å²) in [7, 11) is 0. The summed E-state index contributed by atoms with van der Waals surface area (Å²) < 4.78 is 0. The van der Waals surface area contributed by atoms with E-state index < -0.39 is 5.41 Å². The van der Waals surface area contributed by atoms with Crippen LogP contribution in [-0.2, 0) is 20.9 Å². The summed E-state index contributed by atoms with van der Waals surface area (Å²) in [4.78, 5) is 48.6. The lowest BCUT2D eigenvalue weighted by atomic mass is 9.62. The Morgan fingerprint density at radius 3 is 2.52 bits per heavy atom. The zero-order chi connectivity index (χ0) is 20.8. The lowest BCUT2D eigenvalue weighted by molar-refractivity contribution is -0.170. The van der Waals surface area contributed by atoms with Crippen molar-refractivity contribution in [1.82, 2.24) is 19.7 Å². The highest BCUT2D eigenvalue weighted by Gasteiger charge is 2.64. The van der Waals surface area contributed by atoms with Gasteiger partial charge in [-0.1, -0.05) is 26.8 Å². The molecule has 2 bridgehead atoms. The van der Waals surface area contributed by atoms with E-state index in [0.717, 1.165) is 31.7 Å². The van der Waals surface area contributed by atoms with Crippen molar-refractivity contribution in [2.75, 3.05) is 32.7 Å². The maximum Gasteiger partial charge on any atom is 0.242 e.